The topological polar surface area (TPSA) is 78.9 Å². The molecule has 0 aliphatic heterocycles. The molecule has 0 amide bonds. The lowest BCUT2D eigenvalue weighted by Crippen LogP contribution is -2.30. The van der Waals surface area contributed by atoms with E-state index in [1.807, 2.05) is 0 Å². The molecule has 0 aliphatic rings. The van der Waals surface area contributed by atoms with Gasteiger partial charge in [-0.2, -0.15) is 0 Å². The van der Waals surface area contributed by atoms with Crippen molar-refractivity contribution in [1.29, 1.82) is 0 Å². The summed E-state index contributed by atoms with van der Waals surface area (Å²) in [6, 6.07) is 0. The van der Waals surface area contributed by atoms with E-state index in [1.165, 1.54) is 103 Å². The van der Waals surface area contributed by atoms with E-state index in [2.05, 4.69) is 142 Å². The minimum absolute atomic E-state index is 0.0983. The number of hydrogen-bond donors (Lipinski definition) is 0. The normalized spacial score (nSPS) is 12.9. The maximum Gasteiger partial charge on any atom is 0.306 e. The first-order chi connectivity index (χ1) is 37.5. The number of allylic oxidation sites excluding steroid dienone is 20. The van der Waals surface area contributed by atoms with Gasteiger partial charge in [-0.05, 0) is 135 Å². The third-order valence-electron chi connectivity index (χ3n) is 13.2. The van der Waals surface area contributed by atoms with Crippen molar-refractivity contribution in [3.63, 3.8) is 0 Å². The van der Waals surface area contributed by atoms with Gasteiger partial charge in [-0.15, -0.1) is 0 Å². The van der Waals surface area contributed by atoms with Crippen LogP contribution >= 0.6 is 0 Å². The predicted molar refractivity (Wildman–Crippen MR) is 330 cm³/mol. The summed E-state index contributed by atoms with van der Waals surface area (Å²) in [5, 5.41) is 0. The molecule has 6 nitrogen and oxygen atoms in total. The third kappa shape index (κ3) is 60.7. The number of unbranched alkanes of at least 4 members (excludes halogenated alkanes) is 25. The zero-order valence-corrected chi connectivity index (χ0v) is 49.5. The van der Waals surface area contributed by atoms with Crippen LogP contribution in [0, 0.1) is 0 Å². The fraction of sp³-hybridized carbons (Fsp3) is 0.671. The van der Waals surface area contributed by atoms with Crippen LogP contribution in [0.5, 0.6) is 0 Å². The highest BCUT2D eigenvalue weighted by atomic mass is 16.6. The van der Waals surface area contributed by atoms with Gasteiger partial charge in [0.2, 0.25) is 0 Å². The lowest BCUT2D eigenvalue weighted by Gasteiger charge is -2.18. The van der Waals surface area contributed by atoms with E-state index < -0.39 is 6.10 Å². The molecule has 0 saturated carbocycles. The third-order valence-corrected chi connectivity index (χ3v) is 13.2. The highest BCUT2D eigenvalue weighted by molar-refractivity contribution is 5.71. The standard InChI is InChI=1S/C70H116O6/c1-4-7-10-13-16-19-22-25-28-31-33-34-35-36-38-39-42-45-48-51-54-57-60-63-69(72)75-66-67(65-74-68(71)62-59-56-53-50-47-44-41-30-27-24-21-18-15-12-9-6-3)76-70(73)64-61-58-55-52-49-46-43-40-37-32-29-26-23-20-17-14-11-8-5-2/h7,10,16-17,19-20,25-26,28-30,33-34,36-38,40-42,45,67H,4-6,8-9,11-15,18,21-24,27,31-32,35,39,43-44,46-66H2,1-3H3/b10-7-,19-16-,20-17-,28-25-,29-26-,34-33-,38-36-,40-37-,41-30-,45-42-. The van der Waals surface area contributed by atoms with Crippen molar-refractivity contribution in [2.24, 2.45) is 0 Å². The van der Waals surface area contributed by atoms with E-state index in [0.717, 1.165) is 141 Å². The van der Waals surface area contributed by atoms with Gasteiger partial charge >= 0.3 is 17.9 Å². The second kappa shape index (κ2) is 63.3. The molecule has 432 valence electrons. The molecule has 0 spiro atoms. The second-order valence-electron chi connectivity index (χ2n) is 20.6. The van der Waals surface area contributed by atoms with Gasteiger partial charge in [0.1, 0.15) is 13.2 Å². The van der Waals surface area contributed by atoms with Crippen molar-refractivity contribution >= 4 is 17.9 Å². The molecule has 0 aromatic heterocycles. The molecule has 6 heteroatoms. The van der Waals surface area contributed by atoms with Gasteiger partial charge in [-0.1, -0.05) is 251 Å². The number of carbonyl (C=O) groups excluding carboxylic acids is 3. The Bertz CT molecular complexity index is 1590. The minimum Gasteiger partial charge on any atom is -0.462 e. The Kier molecular flexibility index (Phi) is 59.9. The van der Waals surface area contributed by atoms with Gasteiger partial charge in [0.15, 0.2) is 6.10 Å². The molecule has 0 aromatic rings. The summed E-state index contributed by atoms with van der Waals surface area (Å²) in [5.41, 5.74) is 0. The number of hydrogen-bond acceptors (Lipinski definition) is 6. The molecule has 1 unspecified atom stereocenters. The lowest BCUT2D eigenvalue weighted by atomic mass is 10.1. The Labute approximate surface area is 469 Å². The summed E-state index contributed by atoms with van der Waals surface area (Å²) in [6.07, 6.45) is 87.6. The van der Waals surface area contributed by atoms with E-state index in [-0.39, 0.29) is 31.1 Å². The highest BCUT2D eigenvalue weighted by Gasteiger charge is 2.19. The maximum atomic E-state index is 12.9. The van der Waals surface area contributed by atoms with Gasteiger partial charge < -0.3 is 14.2 Å². The molecule has 0 fully saturated rings. The summed E-state index contributed by atoms with van der Waals surface area (Å²) < 4.78 is 16.9. The quantitative estimate of drug-likeness (QED) is 0.0261. The summed E-state index contributed by atoms with van der Waals surface area (Å²) in [4.78, 5) is 38.3. The van der Waals surface area contributed by atoms with Gasteiger partial charge in [0.25, 0.3) is 0 Å². The molecular formula is C70H116O6. The summed E-state index contributed by atoms with van der Waals surface area (Å²) in [6.45, 7) is 6.47. The molecular weight excluding hydrogens is 937 g/mol. The van der Waals surface area contributed by atoms with Crippen LogP contribution in [-0.2, 0) is 28.6 Å². The SMILES string of the molecule is CC/C=C\C/C=C\C/C=C\C/C=C\C/C=C\C/C=C\CCCCCCC(=O)OCC(COC(=O)CCCCCCC/C=C\CCCCCCCCC)OC(=O)CCCCCCCC/C=C\C/C=C\C/C=C\CCCCC. The lowest BCUT2D eigenvalue weighted by molar-refractivity contribution is -0.167. The number of carbonyl (C=O) groups is 3. The fourth-order valence-corrected chi connectivity index (χ4v) is 8.45. The monoisotopic (exact) mass is 1050 g/mol. The van der Waals surface area contributed by atoms with E-state index >= 15 is 0 Å². The molecule has 76 heavy (non-hydrogen) atoms. The molecule has 0 aliphatic carbocycles. The van der Waals surface area contributed by atoms with Gasteiger partial charge in [-0.25, -0.2) is 0 Å². The number of rotatable bonds is 56. The maximum absolute atomic E-state index is 12.9. The number of esters is 3. The first-order valence-electron chi connectivity index (χ1n) is 31.5. The highest BCUT2D eigenvalue weighted by Crippen LogP contribution is 2.14. The van der Waals surface area contributed by atoms with Crippen molar-refractivity contribution < 1.29 is 28.6 Å². The van der Waals surface area contributed by atoms with Crippen LogP contribution in [0.2, 0.25) is 0 Å². The molecule has 0 radical (unpaired) electrons. The Morgan fingerprint density at radius 2 is 0.513 bits per heavy atom. The molecule has 0 heterocycles. The van der Waals surface area contributed by atoms with Crippen LogP contribution in [0.1, 0.15) is 284 Å². The van der Waals surface area contributed by atoms with Gasteiger partial charge in [0, 0.05) is 19.3 Å². The smallest absolute Gasteiger partial charge is 0.306 e. The second-order valence-corrected chi connectivity index (χ2v) is 20.6. The van der Waals surface area contributed by atoms with Crippen LogP contribution in [-0.4, -0.2) is 37.2 Å². The minimum atomic E-state index is -0.804. The van der Waals surface area contributed by atoms with Crippen molar-refractivity contribution in [3.05, 3.63) is 122 Å². The molecule has 0 N–H and O–H groups in total. The Hall–Kier alpha value is -4.19. The van der Waals surface area contributed by atoms with E-state index in [4.69, 9.17) is 14.2 Å². The predicted octanol–water partition coefficient (Wildman–Crippen LogP) is 21.6. The van der Waals surface area contributed by atoms with E-state index in [0.29, 0.717) is 19.3 Å². The zero-order valence-electron chi connectivity index (χ0n) is 49.5. The van der Waals surface area contributed by atoms with Gasteiger partial charge in [0.05, 0.1) is 0 Å². The average Bonchev–Trinajstić information content (AvgIpc) is 3.42. The van der Waals surface area contributed by atoms with E-state index in [1.54, 1.807) is 0 Å². The largest absolute Gasteiger partial charge is 0.462 e. The summed E-state index contributed by atoms with van der Waals surface area (Å²) in [5.74, 6) is -0.941. The molecule has 0 bridgehead atoms. The molecule has 0 rings (SSSR count). The van der Waals surface area contributed by atoms with Crippen molar-refractivity contribution in [2.75, 3.05) is 13.2 Å². The van der Waals surface area contributed by atoms with Crippen molar-refractivity contribution in [2.45, 2.75) is 290 Å². The van der Waals surface area contributed by atoms with Crippen LogP contribution in [0.25, 0.3) is 0 Å². The fourth-order valence-electron chi connectivity index (χ4n) is 8.45. The summed E-state index contributed by atoms with van der Waals surface area (Å²) in [7, 11) is 0. The first-order valence-corrected chi connectivity index (χ1v) is 31.5. The molecule has 0 saturated heterocycles. The Morgan fingerprint density at radius 1 is 0.276 bits per heavy atom. The molecule has 0 aromatic carbocycles. The van der Waals surface area contributed by atoms with Crippen LogP contribution in [0.3, 0.4) is 0 Å². The van der Waals surface area contributed by atoms with Crippen LogP contribution in [0.15, 0.2) is 122 Å². The van der Waals surface area contributed by atoms with Crippen LogP contribution < -0.4 is 0 Å². The number of ether oxygens (including phenoxy) is 3. The van der Waals surface area contributed by atoms with E-state index in [9.17, 15) is 14.4 Å². The van der Waals surface area contributed by atoms with Crippen LogP contribution in [0.4, 0.5) is 0 Å². The summed E-state index contributed by atoms with van der Waals surface area (Å²) >= 11 is 0. The molecule has 1 atom stereocenters. The van der Waals surface area contributed by atoms with Crippen molar-refractivity contribution in [1.82, 2.24) is 0 Å². The van der Waals surface area contributed by atoms with Gasteiger partial charge in [-0.3, -0.25) is 14.4 Å². The Morgan fingerprint density at radius 3 is 0.842 bits per heavy atom. The zero-order chi connectivity index (χ0) is 55.0. The average molecular weight is 1050 g/mol. The van der Waals surface area contributed by atoms with Crippen molar-refractivity contribution in [3.8, 4) is 0 Å². The Balaban J connectivity index is 4.48. The first kappa shape index (κ1) is 71.8.